The Morgan fingerprint density at radius 2 is 1.72 bits per heavy atom. The number of hydrogen-bond acceptors (Lipinski definition) is 3. The average Bonchev–Trinajstić information content (AvgIpc) is 2.25. The second kappa shape index (κ2) is 9.89. The number of hydrogen-bond donors (Lipinski definition) is 0. The molecule has 0 N–H and O–H groups in total. The van der Waals surface area contributed by atoms with E-state index in [4.69, 9.17) is 16.3 Å². The van der Waals surface area contributed by atoms with Gasteiger partial charge in [0.25, 0.3) is 0 Å². The van der Waals surface area contributed by atoms with Crippen LogP contribution in [0.5, 0.6) is 0 Å². The zero-order chi connectivity index (χ0) is 14.0. The molecule has 0 aromatic heterocycles. The molecule has 0 aromatic rings. The largest absolute Gasteiger partial charge is 0.461 e. The molecule has 4 heteroatoms. The van der Waals surface area contributed by atoms with Crippen LogP contribution in [0.15, 0.2) is 23.3 Å². The third kappa shape index (κ3) is 11.4. The van der Waals surface area contributed by atoms with Gasteiger partial charge in [-0.25, -0.2) is 0 Å². The van der Waals surface area contributed by atoms with Gasteiger partial charge in [-0.2, -0.15) is 0 Å². The molecular formula is C14H21ClO3. The van der Waals surface area contributed by atoms with E-state index in [0.29, 0.717) is 0 Å². The van der Waals surface area contributed by atoms with Gasteiger partial charge < -0.3 is 4.74 Å². The first-order valence-corrected chi connectivity index (χ1v) is 6.42. The van der Waals surface area contributed by atoms with Crippen LogP contribution in [0.1, 0.15) is 46.5 Å². The molecule has 3 nitrogen and oxygen atoms in total. The monoisotopic (exact) mass is 272 g/mol. The lowest BCUT2D eigenvalue weighted by Gasteiger charge is -2.02. The van der Waals surface area contributed by atoms with E-state index in [1.807, 2.05) is 13.0 Å². The van der Waals surface area contributed by atoms with Gasteiger partial charge in [0, 0.05) is 6.42 Å². The van der Waals surface area contributed by atoms with Gasteiger partial charge in [-0.1, -0.05) is 17.2 Å². The van der Waals surface area contributed by atoms with E-state index in [0.717, 1.165) is 12.8 Å². The van der Waals surface area contributed by atoms with Crippen LogP contribution in [0.4, 0.5) is 0 Å². The molecule has 0 atom stereocenters. The third-order valence-corrected chi connectivity index (χ3v) is 2.48. The van der Waals surface area contributed by atoms with E-state index in [-0.39, 0.29) is 19.4 Å². The number of esters is 1. The molecule has 0 saturated heterocycles. The molecule has 0 saturated carbocycles. The lowest BCUT2D eigenvalue weighted by Crippen LogP contribution is -2.06. The maximum Gasteiger partial charge on any atom is 0.306 e. The first-order chi connectivity index (χ1) is 8.41. The van der Waals surface area contributed by atoms with Gasteiger partial charge in [0.15, 0.2) is 0 Å². The standard InChI is InChI=1S/C14H21ClO3/c1-11(2)5-4-6-12(3)9-10-18-14(17)8-7-13(15)16/h5,9H,4,6-8,10H2,1-3H3. The quantitative estimate of drug-likeness (QED) is 0.384. The minimum Gasteiger partial charge on any atom is -0.461 e. The summed E-state index contributed by atoms with van der Waals surface area (Å²) in [5, 5.41) is -0.514. The van der Waals surface area contributed by atoms with Gasteiger partial charge in [0.1, 0.15) is 6.61 Å². The molecule has 0 aliphatic carbocycles. The summed E-state index contributed by atoms with van der Waals surface area (Å²) in [6.07, 6.45) is 6.10. The molecule has 0 fully saturated rings. The van der Waals surface area contributed by atoms with Crippen LogP contribution in [-0.4, -0.2) is 17.8 Å². The Morgan fingerprint density at radius 1 is 1.06 bits per heavy atom. The second-order valence-electron chi connectivity index (χ2n) is 4.41. The summed E-state index contributed by atoms with van der Waals surface area (Å²) in [5.74, 6) is -0.391. The topological polar surface area (TPSA) is 43.4 Å². The maximum absolute atomic E-state index is 11.2. The molecule has 0 radical (unpaired) electrons. The van der Waals surface area contributed by atoms with E-state index >= 15 is 0 Å². The van der Waals surface area contributed by atoms with Crippen LogP contribution >= 0.6 is 11.6 Å². The van der Waals surface area contributed by atoms with Crippen molar-refractivity contribution in [2.24, 2.45) is 0 Å². The Morgan fingerprint density at radius 3 is 2.28 bits per heavy atom. The van der Waals surface area contributed by atoms with Crippen molar-refractivity contribution in [3.05, 3.63) is 23.3 Å². The SMILES string of the molecule is CC(C)=CCCC(C)=CCOC(=O)CCC(=O)Cl. The molecule has 102 valence electrons. The van der Waals surface area contributed by atoms with Crippen LogP contribution in [0.2, 0.25) is 0 Å². The fourth-order valence-corrected chi connectivity index (χ4v) is 1.33. The Hall–Kier alpha value is -1.09. The molecule has 0 unspecified atom stereocenters. The van der Waals surface area contributed by atoms with Gasteiger partial charge in [0.05, 0.1) is 6.42 Å². The number of carbonyl (C=O) groups excluding carboxylic acids is 2. The summed E-state index contributed by atoms with van der Waals surface area (Å²) in [4.78, 5) is 21.6. The van der Waals surface area contributed by atoms with Gasteiger partial charge in [-0.05, 0) is 51.3 Å². The van der Waals surface area contributed by atoms with Crippen molar-refractivity contribution in [2.45, 2.75) is 46.5 Å². The molecule has 0 heterocycles. The summed E-state index contributed by atoms with van der Waals surface area (Å²) in [7, 11) is 0. The summed E-state index contributed by atoms with van der Waals surface area (Å²) >= 11 is 5.12. The molecule has 18 heavy (non-hydrogen) atoms. The summed E-state index contributed by atoms with van der Waals surface area (Å²) in [6.45, 7) is 6.41. The lowest BCUT2D eigenvalue weighted by atomic mass is 10.1. The van der Waals surface area contributed by atoms with Crippen LogP contribution in [0.25, 0.3) is 0 Å². The second-order valence-corrected chi connectivity index (χ2v) is 4.83. The van der Waals surface area contributed by atoms with Crippen LogP contribution < -0.4 is 0 Å². The van der Waals surface area contributed by atoms with Crippen molar-refractivity contribution >= 4 is 22.8 Å². The van der Waals surface area contributed by atoms with Crippen molar-refractivity contribution in [3.63, 3.8) is 0 Å². The fourth-order valence-electron chi connectivity index (χ4n) is 1.24. The Kier molecular flexibility index (Phi) is 9.29. The van der Waals surface area contributed by atoms with E-state index in [9.17, 15) is 9.59 Å². The van der Waals surface area contributed by atoms with E-state index < -0.39 is 11.2 Å². The van der Waals surface area contributed by atoms with Gasteiger partial charge in [0.2, 0.25) is 5.24 Å². The molecule has 0 aromatic carbocycles. The fraction of sp³-hybridized carbons (Fsp3) is 0.571. The molecule has 0 spiro atoms. The van der Waals surface area contributed by atoms with E-state index in [2.05, 4.69) is 19.9 Å². The van der Waals surface area contributed by atoms with Crippen molar-refractivity contribution < 1.29 is 14.3 Å². The van der Waals surface area contributed by atoms with Gasteiger partial charge in [-0.15, -0.1) is 0 Å². The molecule has 0 aliphatic heterocycles. The predicted molar refractivity (Wildman–Crippen MR) is 73.5 cm³/mol. The van der Waals surface area contributed by atoms with Crippen molar-refractivity contribution in [1.82, 2.24) is 0 Å². The Bertz CT molecular complexity index is 339. The smallest absolute Gasteiger partial charge is 0.306 e. The highest BCUT2D eigenvalue weighted by Crippen LogP contribution is 2.06. The number of carbonyl (C=O) groups is 2. The summed E-state index contributed by atoms with van der Waals surface area (Å²) < 4.78 is 4.95. The Balaban J connectivity index is 3.76. The highest BCUT2D eigenvalue weighted by atomic mass is 35.5. The van der Waals surface area contributed by atoms with Crippen LogP contribution in [0, 0.1) is 0 Å². The molecule has 0 bridgehead atoms. The highest BCUT2D eigenvalue weighted by molar-refractivity contribution is 6.63. The molecular weight excluding hydrogens is 252 g/mol. The zero-order valence-electron chi connectivity index (χ0n) is 11.3. The zero-order valence-corrected chi connectivity index (χ0v) is 12.0. The normalized spacial score (nSPS) is 11.0. The van der Waals surface area contributed by atoms with Gasteiger partial charge in [-0.3, -0.25) is 9.59 Å². The minimum atomic E-state index is -0.514. The maximum atomic E-state index is 11.2. The van der Waals surface area contributed by atoms with E-state index in [1.165, 1.54) is 11.1 Å². The van der Waals surface area contributed by atoms with Crippen LogP contribution in [-0.2, 0) is 14.3 Å². The average molecular weight is 273 g/mol. The summed E-state index contributed by atoms with van der Waals surface area (Å²) in [6, 6.07) is 0. The number of rotatable bonds is 8. The van der Waals surface area contributed by atoms with Crippen molar-refractivity contribution in [3.8, 4) is 0 Å². The van der Waals surface area contributed by atoms with Crippen molar-refractivity contribution in [2.75, 3.05) is 6.61 Å². The number of ether oxygens (including phenoxy) is 1. The molecule has 0 aliphatic rings. The molecule has 0 rings (SSSR count). The first-order valence-electron chi connectivity index (χ1n) is 6.04. The Labute approximate surface area is 114 Å². The lowest BCUT2D eigenvalue weighted by molar-refractivity contribution is -0.143. The van der Waals surface area contributed by atoms with Gasteiger partial charge >= 0.3 is 5.97 Å². The highest BCUT2D eigenvalue weighted by Gasteiger charge is 2.04. The van der Waals surface area contributed by atoms with Crippen molar-refractivity contribution in [1.29, 1.82) is 0 Å². The predicted octanol–water partition coefficient (Wildman–Crippen LogP) is 3.77. The molecule has 0 amide bonds. The number of halogens is 1. The number of allylic oxidation sites excluding steroid dienone is 3. The van der Waals surface area contributed by atoms with Crippen LogP contribution in [0.3, 0.4) is 0 Å². The minimum absolute atomic E-state index is 0.0314. The van der Waals surface area contributed by atoms with E-state index in [1.54, 1.807) is 0 Å². The first kappa shape index (κ1) is 16.9. The summed E-state index contributed by atoms with van der Waals surface area (Å²) in [5.41, 5.74) is 2.49. The third-order valence-electron chi connectivity index (χ3n) is 2.29.